The number of aryl methyl sites for hydroxylation is 1. The van der Waals surface area contributed by atoms with Gasteiger partial charge in [-0.1, -0.05) is 5.16 Å². The van der Waals surface area contributed by atoms with Gasteiger partial charge in [0.05, 0.1) is 5.56 Å². The van der Waals surface area contributed by atoms with Crippen LogP contribution in [0, 0.1) is 6.92 Å². The van der Waals surface area contributed by atoms with E-state index in [4.69, 9.17) is 4.52 Å². The summed E-state index contributed by atoms with van der Waals surface area (Å²) in [6.45, 7) is 5.15. The van der Waals surface area contributed by atoms with Crippen molar-refractivity contribution in [3.05, 3.63) is 34.1 Å². The predicted molar refractivity (Wildman–Crippen MR) is 93.4 cm³/mol. The molecule has 3 heterocycles. The summed E-state index contributed by atoms with van der Waals surface area (Å²) in [6, 6.07) is 1.87. The molecule has 1 fully saturated rings. The van der Waals surface area contributed by atoms with Gasteiger partial charge in [-0.05, 0) is 24.3 Å². The number of nitrogens with zero attached hydrogens (tertiary/aromatic N) is 4. The molecule has 0 radical (unpaired) electrons. The smallest absolute Gasteiger partial charge is 0.254 e. The van der Waals surface area contributed by atoms with Gasteiger partial charge in [0.1, 0.15) is 0 Å². The van der Waals surface area contributed by atoms with E-state index in [1.165, 1.54) is 11.3 Å². The molecule has 2 aromatic rings. The van der Waals surface area contributed by atoms with Gasteiger partial charge >= 0.3 is 0 Å². The second-order valence-electron chi connectivity index (χ2n) is 6.25. The van der Waals surface area contributed by atoms with Crippen molar-refractivity contribution in [1.29, 1.82) is 0 Å². The molecule has 8 heteroatoms. The second kappa shape index (κ2) is 7.77. The number of rotatable bonds is 5. The first-order chi connectivity index (χ1) is 12.0. The van der Waals surface area contributed by atoms with E-state index in [-0.39, 0.29) is 17.9 Å². The molecule has 0 bridgehead atoms. The molecule has 1 unspecified atom stereocenters. The molecule has 25 heavy (non-hydrogen) atoms. The third kappa shape index (κ3) is 4.25. The Bertz CT molecular complexity index is 728. The SMILES string of the molecule is CC(=O)N(CCc1noc(C)n1)C1CCCN(C(=O)c2ccsc2)C1. The van der Waals surface area contributed by atoms with Gasteiger partial charge in [-0.25, -0.2) is 0 Å². The van der Waals surface area contributed by atoms with Crippen LogP contribution in [0.1, 0.15) is 41.8 Å². The average Bonchev–Trinajstić information content (AvgIpc) is 3.26. The van der Waals surface area contributed by atoms with Gasteiger partial charge in [-0.3, -0.25) is 9.59 Å². The molecule has 2 aromatic heterocycles. The molecule has 0 saturated carbocycles. The first-order valence-corrected chi connectivity index (χ1v) is 9.36. The average molecular weight is 362 g/mol. The Morgan fingerprint density at radius 1 is 1.48 bits per heavy atom. The molecule has 0 N–H and O–H groups in total. The minimum absolute atomic E-state index is 0.00930. The molecule has 1 aliphatic heterocycles. The lowest BCUT2D eigenvalue weighted by Crippen LogP contribution is -2.51. The second-order valence-corrected chi connectivity index (χ2v) is 7.03. The van der Waals surface area contributed by atoms with Crippen LogP contribution in [0.2, 0.25) is 0 Å². The maximum Gasteiger partial charge on any atom is 0.254 e. The van der Waals surface area contributed by atoms with Crippen molar-refractivity contribution in [3.8, 4) is 0 Å². The zero-order chi connectivity index (χ0) is 17.8. The van der Waals surface area contributed by atoms with Crippen molar-refractivity contribution in [2.45, 2.75) is 39.2 Å². The van der Waals surface area contributed by atoms with Gasteiger partial charge in [0, 0.05) is 51.3 Å². The van der Waals surface area contributed by atoms with Crippen molar-refractivity contribution >= 4 is 23.2 Å². The first kappa shape index (κ1) is 17.6. The van der Waals surface area contributed by atoms with E-state index in [1.807, 2.05) is 26.6 Å². The topological polar surface area (TPSA) is 79.5 Å². The maximum atomic E-state index is 12.6. The molecule has 3 rings (SSSR count). The minimum atomic E-state index is 0.00930. The lowest BCUT2D eigenvalue weighted by molar-refractivity contribution is -0.132. The highest BCUT2D eigenvalue weighted by Crippen LogP contribution is 2.19. The molecule has 0 spiro atoms. The Kier molecular flexibility index (Phi) is 5.47. The molecular weight excluding hydrogens is 340 g/mol. The zero-order valence-corrected chi connectivity index (χ0v) is 15.3. The predicted octanol–water partition coefficient (Wildman–Crippen LogP) is 2.14. The fourth-order valence-corrected chi connectivity index (χ4v) is 3.85. The number of aromatic nitrogens is 2. The summed E-state index contributed by atoms with van der Waals surface area (Å²) < 4.78 is 4.98. The van der Waals surface area contributed by atoms with E-state index in [0.717, 1.165) is 24.9 Å². The summed E-state index contributed by atoms with van der Waals surface area (Å²) in [5.41, 5.74) is 0.724. The largest absolute Gasteiger partial charge is 0.340 e. The summed E-state index contributed by atoms with van der Waals surface area (Å²) in [4.78, 5) is 32.6. The summed E-state index contributed by atoms with van der Waals surface area (Å²) in [7, 11) is 0. The normalized spacial score (nSPS) is 17.5. The lowest BCUT2D eigenvalue weighted by Gasteiger charge is -2.39. The third-order valence-corrected chi connectivity index (χ3v) is 5.13. The van der Waals surface area contributed by atoms with Crippen LogP contribution in [-0.4, -0.2) is 57.4 Å². The molecular formula is C17H22N4O3S. The number of carbonyl (C=O) groups is 2. The lowest BCUT2D eigenvalue weighted by atomic mass is 10.0. The molecule has 0 aromatic carbocycles. The monoisotopic (exact) mass is 362 g/mol. The van der Waals surface area contributed by atoms with Crippen LogP contribution < -0.4 is 0 Å². The zero-order valence-electron chi connectivity index (χ0n) is 14.5. The van der Waals surface area contributed by atoms with E-state index < -0.39 is 0 Å². The van der Waals surface area contributed by atoms with Crippen LogP contribution in [0.15, 0.2) is 21.3 Å². The number of thiophene rings is 1. The van der Waals surface area contributed by atoms with Crippen molar-refractivity contribution in [2.75, 3.05) is 19.6 Å². The third-order valence-electron chi connectivity index (χ3n) is 4.44. The van der Waals surface area contributed by atoms with Crippen LogP contribution in [0.4, 0.5) is 0 Å². The number of hydrogen-bond acceptors (Lipinski definition) is 6. The maximum absolute atomic E-state index is 12.6. The molecule has 2 amide bonds. The molecule has 134 valence electrons. The van der Waals surface area contributed by atoms with E-state index in [0.29, 0.717) is 31.2 Å². The van der Waals surface area contributed by atoms with Gasteiger partial charge < -0.3 is 14.3 Å². The van der Waals surface area contributed by atoms with Gasteiger partial charge in [-0.15, -0.1) is 0 Å². The summed E-state index contributed by atoms with van der Waals surface area (Å²) >= 11 is 1.52. The molecule has 7 nitrogen and oxygen atoms in total. The fraction of sp³-hybridized carbons (Fsp3) is 0.529. The molecule has 1 saturated heterocycles. The van der Waals surface area contributed by atoms with E-state index in [9.17, 15) is 9.59 Å². The Morgan fingerprint density at radius 3 is 2.96 bits per heavy atom. The Balaban J connectivity index is 1.64. The molecule has 1 aliphatic rings. The van der Waals surface area contributed by atoms with E-state index >= 15 is 0 Å². The summed E-state index contributed by atoms with van der Waals surface area (Å²) in [5.74, 6) is 1.18. The molecule has 1 atom stereocenters. The highest BCUT2D eigenvalue weighted by Gasteiger charge is 2.30. The van der Waals surface area contributed by atoms with E-state index in [2.05, 4.69) is 10.1 Å². The van der Waals surface area contributed by atoms with Crippen molar-refractivity contribution in [2.24, 2.45) is 0 Å². The molecule has 0 aliphatic carbocycles. The quantitative estimate of drug-likeness (QED) is 0.814. The standard InChI is InChI=1S/C17H22N4O3S/c1-12-18-16(19-24-12)5-8-21(13(2)22)15-4-3-7-20(10-15)17(23)14-6-9-25-11-14/h6,9,11,15H,3-5,7-8,10H2,1-2H3. The summed E-state index contributed by atoms with van der Waals surface area (Å²) in [6.07, 6.45) is 2.34. The van der Waals surface area contributed by atoms with E-state index in [1.54, 1.807) is 13.8 Å². The first-order valence-electron chi connectivity index (χ1n) is 8.42. The number of hydrogen-bond donors (Lipinski definition) is 0. The highest BCUT2D eigenvalue weighted by molar-refractivity contribution is 7.08. The Labute approximate surface area is 150 Å². The van der Waals surface area contributed by atoms with Crippen LogP contribution in [0.5, 0.6) is 0 Å². The number of piperidine rings is 1. The van der Waals surface area contributed by atoms with Crippen LogP contribution in [-0.2, 0) is 11.2 Å². The van der Waals surface area contributed by atoms with Crippen LogP contribution >= 0.6 is 11.3 Å². The Hall–Kier alpha value is -2.22. The highest BCUT2D eigenvalue weighted by atomic mass is 32.1. The van der Waals surface area contributed by atoms with Gasteiger partial charge in [-0.2, -0.15) is 16.3 Å². The Morgan fingerprint density at radius 2 is 2.32 bits per heavy atom. The summed E-state index contributed by atoms with van der Waals surface area (Å²) in [5, 5.41) is 7.66. The van der Waals surface area contributed by atoms with Gasteiger partial charge in [0.25, 0.3) is 5.91 Å². The van der Waals surface area contributed by atoms with Gasteiger partial charge in [0.15, 0.2) is 5.82 Å². The number of likely N-dealkylation sites (tertiary alicyclic amines) is 1. The minimum Gasteiger partial charge on any atom is -0.340 e. The van der Waals surface area contributed by atoms with Crippen LogP contribution in [0.3, 0.4) is 0 Å². The van der Waals surface area contributed by atoms with Gasteiger partial charge in [0.2, 0.25) is 11.8 Å². The van der Waals surface area contributed by atoms with Crippen molar-refractivity contribution in [3.63, 3.8) is 0 Å². The number of carbonyl (C=O) groups excluding carboxylic acids is 2. The van der Waals surface area contributed by atoms with Crippen molar-refractivity contribution in [1.82, 2.24) is 19.9 Å². The fourth-order valence-electron chi connectivity index (χ4n) is 3.22. The van der Waals surface area contributed by atoms with Crippen LogP contribution in [0.25, 0.3) is 0 Å². The number of amides is 2. The van der Waals surface area contributed by atoms with Crippen molar-refractivity contribution < 1.29 is 14.1 Å².